The van der Waals surface area contributed by atoms with Crippen LogP contribution in [0.1, 0.15) is 13.3 Å². The van der Waals surface area contributed by atoms with E-state index in [0.29, 0.717) is 6.04 Å². The number of aromatic nitrogens is 2. The SMILES string of the molecule is CC[C@H]1CN(CCn2cccn2)CCN1. The van der Waals surface area contributed by atoms with E-state index in [1.165, 1.54) is 13.0 Å². The molecule has 0 amide bonds. The van der Waals surface area contributed by atoms with E-state index in [2.05, 4.69) is 22.2 Å². The van der Waals surface area contributed by atoms with Gasteiger partial charge < -0.3 is 5.32 Å². The number of nitrogens with one attached hydrogen (secondary N) is 1. The van der Waals surface area contributed by atoms with Gasteiger partial charge in [-0.15, -0.1) is 0 Å². The van der Waals surface area contributed by atoms with E-state index in [-0.39, 0.29) is 0 Å². The Labute approximate surface area is 91.3 Å². The highest BCUT2D eigenvalue weighted by Crippen LogP contribution is 2.02. The Morgan fingerprint density at radius 2 is 2.40 bits per heavy atom. The lowest BCUT2D eigenvalue weighted by molar-refractivity contribution is 0.189. The van der Waals surface area contributed by atoms with Crippen LogP contribution in [0.2, 0.25) is 0 Å². The fraction of sp³-hybridized carbons (Fsp3) is 0.727. The molecule has 1 aromatic heterocycles. The van der Waals surface area contributed by atoms with Crippen molar-refractivity contribution in [3.63, 3.8) is 0 Å². The van der Waals surface area contributed by atoms with Gasteiger partial charge in [0.15, 0.2) is 0 Å². The van der Waals surface area contributed by atoms with Crippen LogP contribution in [-0.2, 0) is 6.54 Å². The topological polar surface area (TPSA) is 33.1 Å². The summed E-state index contributed by atoms with van der Waals surface area (Å²) in [5, 5.41) is 7.74. The number of hydrogen-bond acceptors (Lipinski definition) is 3. The molecule has 0 saturated carbocycles. The van der Waals surface area contributed by atoms with Gasteiger partial charge in [-0.2, -0.15) is 5.10 Å². The first kappa shape index (κ1) is 10.6. The molecule has 4 nitrogen and oxygen atoms in total. The number of piperazine rings is 1. The minimum absolute atomic E-state index is 0.677. The van der Waals surface area contributed by atoms with Crippen molar-refractivity contribution < 1.29 is 0 Å². The Hall–Kier alpha value is -0.870. The summed E-state index contributed by atoms with van der Waals surface area (Å²) in [7, 11) is 0. The Bertz CT molecular complexity index is 270. The number of rotatable bonds is 4. The van der Waals surface area contributed by atoms with Crippen LogP contribution in [-0.4, -0.2) is 46.9 Å². The highest BCUT2D eigenvalue weighted by atomic mass is 15.3. The molecule has 1 saturated heterocycles. The summed E-state index contributed by atoms with van der Waals surface area (Å²) in [6, 6.07) is 2.66. The molecule has 1 aliphatic heterocycles. The maximum atomic E-state index is 4.21. The lowest BCUT2D eigenvalue weighted by Gasteiger charge is -2.33. The van der Waals surface area contributed by atoms with Crippen molar-refractivity contribution in [1.82, 2.24) is 20.0 Å². The number of hydrogen-bond donors (Lipinski definition) is 1. The first-order chi connectivity index (χ1) is 7.38. The van der Waals surface area contributed by atoms with Gasteiger partial charge in [-0.25, -0.2) is 0 Å². The molecule has 1 aliphatic rings. The summed E-state index contributed by atoms with van der Waals surface area (Å²) in [6.45, 7) is 7.82. The van der Waals surface area contributed by atoms with E-state index in [4.69, 9.17) is 0 Å². The summed E-state index contributed by atoms with van der Waals surface area (Å²) >= 11 is 0. The van der Waals surface area contributed by atoms with Crippen molar-refractivity contribution in [2.24, 2.45) is 0 Å². The maximum absolute atomic E-state index is 4.21. The van der Waals surface area contributed by atoms with E-state index in [9.17, 15) is 0 Å². The summed E-state index contributed by atoms with van der Waals surface area (Å²) < 4.78 is 2.00. The molecule has 0 unspecified atom stereocenters. The molecule has 1 aromatic rings. The fourth-order valence-corrected chi connectivity index (χ4v) is 2.05. The minimum Gasteiger partial charge on any atom is -0.311 e. The van der Waals surface area contributed by atoms with Crippen LogP contribution in [0.5, 0.6) is 0 Å². The lowest BCUT2D eigenvalue weighted by atomic mass is 10.1. The van der Waals surface area contributed by atoms with Gasteiger partial charge in [0, 0.05) is 44.6 Å². The van der Waals surface area contributed by atoms with Gasteiger partial charge in [-0.05, 0) is 12.5 Å². The van der Waals surface area contributed by atoms with E-state index in [1.807, 2.05) is 23.1 Å². The van der Waals surface area contributed by atoms with Crippen molar-refractivity contribution in [1.29, 1.82) is 0 Å². The van der Waals surface area contributed by atoms with Gasteiger partial charge >= 0.3 is 0 Å². The second kappa shape index (κ2) is 5.28. The average molecular weight is 208 g/mol. The Morgan fingerprint density at radius 3 is 3.13 bits per heavy atom. The molecule has 1 fully saturated rings. The second-order valence-corrected chi connectivity index (χ2v) is 4.13. The van der Waals surface area contributed by atoms with E-state index >= 15 is 0 Å². The molecule has 1 atom stereocenters. The zero-order chi connectivity index (χ0) is 10.5. The Balaban J connectivity index is 1.74. The van der Waals surface area contributed by atoms with Crippen LogP contribution in [0.3, 0.4) is 0 Å². The third-order valence-electron chi connectivity index (χ3n) is 3.04. The molecule has 2 rings (SSSR count). The smallest absolute Gasteiger partial charge is 0.0536 e. The van der Waals surface area contributed by atoms with Gasteiger partial charge in [0.05, 0.1) is 6.54 Å². The van der Waals surface area contributed by atoms with Crippen molar-refractivity contribution >= 4 is 0 Å². The highest BCUT2D eigenvalue weighted by molar-refractivity contribution is 4.80. The summed E-state index contributed by atoms with van der Waals surface area (Å²) in [4.78, 5) is 2.52. The highest BCUT2D eigenvalue weighted by Gasteiger charge is 2.16. The second-order valence-electron chi connectivity index (χ2n) is 4.13. The lowest BCUT2D eigenvalue weighted by Crippen LogP contribution is -2.50. The first-order valence-corrected chi connectivity index (χ1v) is 5.81. The third-order valence-corrected chi connectivity index (χ3v) is 3.04. The van der Waals surface area contributed by atoms with Crippen molar-refractivity contribution in [2.45, 2.75) is 25.9 Å². The molecular weight excluding hydrogens is 188 g/mol. The van der Waals surface area contributed by atoms with Crippen molar-refractivity contribution in [2.75, 3.05) is 26.2 Å². The predicted octanol–water partition coefficient (Wildman–Crippen LogP) is 0.567. The fourth-order valence-electron chi connectivity index (χ4n) is 2.05. The largest absolute Gasteiger partial charge is 0.311 e. The van der Waals surface area contributed by atoms with Gasteiger partial charge in [-0.1, -0.05) is 6.92 Å². The van der Waals surface area contributed by atoms with Crippen LogP contribution in [0.4, 0.5) is 0 Å². The molecule has 2 heterocycles. The molecule has 4 heteroatoms. The van der Waals surface area contributed by atoms with Crippen LogP contribution in [0.25, 0.3) is 0 Å². The van der Waals surface area contributed by atoms with E-state index < -0.39 is 0 Å². The molecule has 0 radical (unpaired) electrons. The monoisotopic (exact) mass is 208 g/mol. The molecule has 0 bridgehead atoms. The average Bonchev–Trinajstić information content (AvgIpc) is 2.79. The van der Waals surface area contributed by atoms with Crippen LogP contribution < -0.4 is 5.32 Å². The van der Waals surface area contributed by atoms with Crippen molar-refractivity contribution in [3.05, 3.63) is 18.5 Å². The standard InChI is InChI=1S/C11H20N4/c1-2-11-10-14(7-5-12-11)8-9-15-6-3-4-13-15/h3-4,6,11-12H,2,5,7-10H2,1H3/t11-/m0/s1. The Morgan fingerprint density at radius 1 is 1.47 bits per heavy atom. The first-order valence-electron chi connectivity index (χ1n) is 5.81. The summed E-state index contributed by atoms with van der Waals surface area (Å²) in [5.74, 6) is 0. The van der Waals surface area contributed by atoms with Gasteiger partial charge in [0.25, 0.3) is 0 Å². The predicted molar refractivity (Wildman–Crippen MR) is 60.7 cm³/mol. The molecule has 0 spiro atoms. The van der Waals surface area contributed by atoms with Crippen molar-refractivity contribution in [3.8, 4) is 0 Å². The molecule has 0 aromatic carbocycles. The molecular formula is C11H20N4. The molecule has 1 N–H and O–H groups in total. The van der Waals surface area contributed by atoms with Gasteiger partial charge in [0.2, 0.25) is 0 Å². The van der Waals surface area contributed by atoms with Gasteiger partial charge in [-0.3, -0.25) is 9.58 Å². The third kappa shape index (κ3) is 3.04. The van der Waals surface area contributed by atoms with Crippen LogP contribution in [0.15, 0.2) is 18.5 Å². The van der Waals surface area contributed by atoms with E-state index in [1.54, 1.807) is 0 Å². The summed E-state index contributed by atoms with van der Waals surface area (Å²) in [5.41, 5.74) is 0. The zero-order valence-electron chi connectivity index (χ0n) is 9.39. The summed E-state index contributed by atoms with van der Waals surface area (Å²) in [6.07, 6.45) is 5.09. The van der Waals surface area contributed by atoms with E-state index in [0.717, 1.165) is 26.2 Å². The van der Waals surface area contributed by atoms with Crippen LogP contribution >= 0.6 is 0 Å². The zero-order valence-corrected chi connectivity index (χ0v) is 9.39. The minimum atomic E-state index is 0.677. The van der Waals surface area contributed by atoms with Crippen LogP contribution in [0, 0.1) is 0 Å². The Kier molecular flexibility index (Phi) is 3.75. The molecule has 84 valence electrons. The van der Waals surface area contributed by atoms with Gasteiger partial charge in [0.1, 0.15) is 0 Å². The normalized spacial score (nSPS) is 23.1. The number of nitrogens with zero attached hydrogens (tertiary/aromatic N) is 3. The quantitative estimate of drug-likeness (QED) is 0.785. The molecule has 15 heavy (non-hydrogen) atoms. The molecule has 0 aliphatic carbocycles. The maximum Gasteiger partial charge on any atom is 0.0536 e.